The van der Waals surface area contributed by atoms with Crippen LogP contribution in [0.25, 0.3) is 0 Å². The SMILES string of the molecule is CCC(C)C(=O)c1occc1Br. The zero-order chi connectivity index (χ0) is 9.14. The number of hydrogen-bond acceptors (Lipinski definition) is 2. The van der Waals surface area contributed by atoms with Gasteiger partial charge in [-0.1, -0.05) is 13.8 Å². The van der Waals surface area contributed by atoms with Crippen molar-refractivity contribution in [1.82, 2.24) is 0 Å². The van der Waals surface area contributed by atoms with Gasteiger partial charge in [0.15, 0.2) is 5.76 Å². The molecule has 0 aliphatic rings. The first-order valence-electron chi connectivity index (χ1n) is 3.94. The van der Waals surface area contributed by atoms with Crippen LogP contribution in [0.1, 0.15) is 30.8 Å². The van der Waals surface area contributed by atoms with Gasteiger partial charge in [-0.15, -0.1) is 0 Å². The summed E-state index contributed by atoms with van der Waals surface area (Å²) in [6.45, 7) is 3.89. The molecule has 0 bridgehead atoms. The Hall–Kier alpha value is -0.570. The van der Waals surface area contributed by atoms with Crippen LogP contribution >= 0.6 is 15.9 Å². The average Bonchev–Trinajstić information content (AvgIpc) is 2.48. The number of carbonyl (C=O) groups is 1. The van der Waals surface area contributed by atoms with E-state index in [1.165, 1.54) is 6.26 Å². The van der Waals surface area contributed by atoms with Gasteiger partial charge in [0.05, 0.1) is 10.7 Å². The molecule has 0 fully saturated rings. The first-order chi connectivity index (χ1) is 5.66. The Kier molecular flexibility index (Phi) is 3.09. The zero-order valence-corrected chi connectivity index (χ0v) is 8.72. The van der Waals surface area contributed by atoms with Crippen molar-refractivity contribution in [1.29, 1.82) is 0 Å². The van der Waals surface area contributed by atoms with Crippen LogP contribution in [0.15, 0.2) is 21.2 Å². The third kappa shape index (κ3) is 1.78. The molecule has 2 nitrogen and oxygen atoms in total. The molecule has 0 aromatic carbocycles. The quantitative estimate of drug-likeness (QED) is 0.747. The highest BCUT2D eigenvalue weighted by Crippen LogP contribution is 2.21. The molecule has 12 heavy (non-hydrogen) atoms. The fourth-order valence-electron chi connectivity index (χ4n) is 0.879. The zero-order valence-electron chi connectivity index (χ0n) is 7.13. The highest BCUT2D eigenvalue weighted by molar-refractivity contribution is 9.10. The van der Waals surface area contributed by atoms with Crippen molar-refractivity contribution in [2.45, 2.75) is 20.3 Å². The first-order valence-corrected chi connectivity index (χ1v) is 4.73. The average molecular weight is 231 g/mol. The molecule has 3 heteroatoms. The van der Waals surface area contributed by atoms with E-state index in [0.717, 1.165) is 10.9 Å². The van der Waals surface area contributed by atoms with E-state index in [9.17, 15) is 4.79 Å². The molecule has 0 spiro atoms. The van der Waals surface area contributed by atoms with Crippen molar-refractivity contribution in [2.75, 3.05) is 0 Å². The van der Waals surface area contributed by atoms with Crippen molar-refractivity contribution < 1.29 is 9.21 Å². The van der Waals surface area contributed by atoms with E-state index in [-0.39, 0.29) is 11.7 Å². The molecule has 1 atom stereocenters. The van der Waals surface area contributed by atoms with Gasteiger partial charge in [0.1, 0.15) is 0 Å². The third-order valence-corrected chi connectivity index (χ3v) is 2.53. The highest BCUT2D eigenvalue weighted by Gasteiger charge is 2.18. The summed E-state index contributed by atoms with van der Waals surface area (Å²) in [6, 6.07) is 1.73. The van der Waals surface area contributed by atoms with Crippen LogP contribution in [0.5, 0.6) is 0 Å². The summed E-state index contributed by atoms with van der Waals surface area (Å²) in [4.78, 5) is 11.5. The van der Waals surface area contributed by atoms with Crippen LogP contribution in [-0.2, 0) is 0 Å². The fraction of sp³-hybridized carbons (Fsp3) is 0.444. The Bertz CT molecular complexity index is 278. The molecule has 0 amide bonds. The maximum absolute atomic E-state index is 11.5. The number of hydrogen-bond donors (Lipinski definition) is 0. The van der Waals surface area contributed by atoms with E-state index in [4.69, 9.17) is 4.42 Å². The number of rotatable bonds is 3. The number of furan rings is 1. The monoisotopic (exact) mass is 230 g/mol. The van der Waals surface area contributed by atoms with Crippen molar-refractivity contribution in [3.8, 4) is 0 Å². The van der Waals surface area contributed by atoms with Crippen LogP contribution in [0.3, 0.4) is 0 Å². The Balaban J connectivity index is 2.85. The predicted molar refractivity (Wildman–Crippen MR) is 50.2 cm³/mol. The molecular weight excluding hydrogens is 220 g/mol. The van der Waals surface area contributed by atoms with Gasteiger partial charge in [-0.2, -0.15) is 0 Å². The Morgan fingerprint density at radius 3 is 2.83 bits per heavy atom. The maximum Gasteiger partial charge on any atom is 0.201 e. The van der Waals surface area contributed by atoms with E-state index in [1.54, 1.807) is 6.07 Å². The smallest absolute Gasteiger partial charge is 0.201 e. The summed E-state index contributed by atoms with van der Waals surface area (Å²) < 4.78 is 5.80. The molecule has 1 heterocycles. The van der Waals surface area contributed by atoms with E-state index in [2.05, 4.69) is 15.9 Å². The molecule has 1 aromatic rings. The minimum Gasteiger partial charge on any atom is -0.460 e. The van der Waals surface area contributed by atoms with Gasteiger partial charge in [0.25, 0.3) is 0 Å². The van der Waals surface area contributed by atoms with Crippen LogP contribution in [-0.4, -0.2) is 5.78 Å². The van der Waals surface area contributed by atoms with E-state index in [1.807, 2.05) is 13.8 Å². The summed E-state index contributed by atoms with van der Waals surface area (Å²) in [5, 5.41) is 0. The number of Topliss-reactive ketones (excluding diaryl/α,β-unsaturated/α-hetero) is 1. The van der Waals surface area contributed by atoms with Gasteiger partial charge >= 0.3 is 0 Å². The molecule has 1 rings (SSSR count). The fourth-order valence-corrected chi connectivity index (χ4v) is 1.28. The van der Waals surface area contributed by atoms with Crippen LogP contribution in [0.2, 0.25) is 0 Å². The lowest BCUT2D eigenvalue weighted by atomic mass is 10.0. The molecule has 0 aliphatic heterocycles. The lowest BCUT2D eigenvalue weighted by Crippen LogP contribution is -2.09. The Labute approximate surface area is 80.1 Å². The van der Waals surface area contributed by atoms with E-state index >= 15 is 0 Å². The maximum atomic E-state index is 11.5. The molecule has 0 aliphatic carbocycles. The summed E-state index contributed by atoms with van der Waals surface area (Å²) >= 11 is 3.25. The molecular formula is C9H11BrO2. The second-order valence-electron chi connectivity index (χ2n) is 2.77. The molecule has 1 aromatic heterocycles. The number of ketones is 1. The van der Waals surface area contributed by atoms with Gasteiger partial charge in [-0.25, -0.2) is 0 Å². The van der Waals surface area contributed by atoms with Crippen molar-refractivity contribution >= 4 is 21.7 Å². The summed E-state index contributed by atoms with van der Waals surface area (Å²) in [5.74, 6) is 0.533. The lowest BCUT2D eigenvalue weighted by Gasteiger charge is -2.03. The summed E-state index contributed by atoms with van der Waals surface area (Å²) in [6.07, 6.45) is 2.35. The summed E-state index contributed by atoms with van der Waals surface area (Å²) in [5.41, 5.74) is 0. The van der Waals surface area contributed by atoms with Gasteiger partial charge in [0, 0.05) is 5.92 Å². The Morgan fingerprint density at radius 1 is 1.75 bits per heavy atom. The van der Waals surface area contributed by atoms with Gasteiger partial charge in [-0.05, 0) is 28.4 Å². The Morgan fingerprint density at radius 2 is 2.42 bits per heavy atom. The number of halogens is 1. The second-order valence-corrected chi connectivity index (χ2v) is 3.63. The van der Waals surface area contributed by atoms with Crippen molar-refractivity contribution in [3.63, 3.8) is 0 Å². The highest BCUT2D eigenvalue weighted by atomic mass is 79.9. The number of carbonyl (C=O) groups excluding carboxylic acids is 1. The van der Waals surface area contributed by atoms with Crippen LogP contribution in [0.4, 0.5) is 0 Å². The molecule has 0 radical (unpaired) electrons. The molecule has 0 N–H and O–H groups in total. The summed E-state index contributed by atoms with van der Waals surface area (Å²) in [7, 11) is 0. The largest absolute Gasteiger partial charge is 0.460 e. The third-order valence-electron chi connectivity index (χ3n) is 1.90. The van der Waals surface area contributed by atoms with Gasteiger partial charge < -0.3 is 4.42 Å². The van der Waals surface area contributed by atoms with Gasteiger partial charge in [-0.3, -0.25) is 4.79 Å². The minimum atomic E-state index is 0.0347. The minimum absolute atomic E-state index is 0.0347. The first kappa shape index (κ1) is 9.52. The van der Waals surface area contributed by atoms with Gasteiger partial charge in [0.2, 0.25) is 5.78 Å². The predicted octanol–water partition coefficient (Wildman–Crippen LogP) is 3.27. The van der Waals surface area contributed by atoms with Crippen LogP contribution < -0.4 is 0 Å². The standard InChI is InChI=1S/C9H11BrO2/c1-3-6(2)8(11)9-7(10)4-5-12-9/h4-6H,3H2,1-2H3. The molecule has 1 unspecified atom stereocenters. The topological polar surface area (TPSA) is 30.2 Å². The normalized spacial score (nSPS) is 12.9. The lowest BCUT2D eigenvalue weighted by molar-refractivity contribution is 0.0898. The van der Waals surface area contributed by atoms with Crippen molar-refractivity contribution in [3.05, 3.63) is 22.6 Å². The molecule has 0 saturated heterocycles. The van der Waals surface area contributed by atoms with Crippen molar-refractivity contribution in [2.24, 2.45) is 5.92 Å². The molecule has 0 saturated carbocycles. The van der Waals surface area contributed by atoms with Crippen LogP contribution in [0, 0.1) is 5.92 Å². The van der Waals surface area contributed by atoms with E-state index < -0.39 is 0 Å². The molecule has 66 valence electrons. The van der Waals surface area contributed by atoms with E-state index in [0.29, 0.717) is 5.76 Å². The second kappa shape index (κ2) is 3.90.